The van der Waals surface area contributed by atoms with Crippen LogP contribution in [0, 0.1) is 11.8 Å². The number of carbonyl (C=O) groups is 2. The summed E-state index contributed by atoms with van der Waals surface area (Å²) in [6.07, 6.45) is 1.47. The van der Waals surface area contributed by atoms with Crippen LogP contribution in [-0.4, -0.2) is 24.1 Å². The maximum absolute atomic E-state index is 11.3. The number of rotatable bonds is 0. The fourth-order valence-corrected chi connectivity index (χ4v) is 2.40. The van der Waals surface area contributed by atoms with E-state index in [2.05, 4.69) is 4.74 Å². The predicted molar refractivity (Wildman–Crippen MR) is 40.5 cm³/mol. The quantitative estimate of drug-likeness (QED) is 0.300. The summed E-state index contributed by atoms with van der Waals surface area (Å²) in [4.78, 5) is 22.5. The van der Waals surface area contributed by atoms with E-state index in [0.717, 1.165) is 5.57 Å². The molecule has 0 N–H and O–H groups in total. The van der Waals surface area contributed by atoms with Crippen molar-refractivity contribution in [3.8, 4) is 0 Å². The van der Waals surface area contributed by atoms with Gasteiger partial charge in [0.2, 0.25) is 0 Å². The number of esters is 2. The molecule has 2 unspecified atom stereocenters. The van der Waals surface area contributed by atoms with Crippen LogP contribution in [0.1, 0.15) is 6.92 Å². The molecule has 0 aromatic heterocycles. The van der Waals surface area contributed by atoms with Crippen molar-refractivity contribution in [2.24, 2.45) is 11.8 Å². The molecule has 0 radical (unpaired) electrons. The Hall–Kier alpha value is -1.16. The maximum Gasteiger partial charge on any atom is 0.320 e. The van der Waals surface area contributed by atoms with Crippen molar-refractivity contribution in [3.05, 3.63) is 11.6 Å². The van der Waals surface area contributed by atoms with E-state index in [1.54, 1.807) is 0 Å². The zero-order valence-corrected chi connectivity index (χ0v) is 7.02. The van der Waals surface area contributed by atoms with Gasteiger partial charge in [-0.05, 0) is 12.5 Å². The molecule has 3 aliphatic heterocycles. The zero-order valence-electron chi connectivity index (χ0n) is 7.02. The molecule has 2 fully saturated rings. The van der Waals surface area contributed by atoms with Crippen LogP contribution >= 0.6 is 0 Å². The van der Waals surface area contributed by atoms with Crippen LogP contribution in [0.2, 0.25) is 0 Å². The van der Waals surface area contributed by atoms with Gasteiger partial charge in [-0.2, -0.15) is 0 Å². The lowest BCUT2D eigenvalue weighted by Crippen LogP contribution is -2.28. The second-order valence-electron chi connectivity index (χ2n) is 3.72. The third-order valence-corrected chi connectivity index (χ3v) is 2.99. The second kappa shape index (κ2) is 2.01. The van der Waals surface area contributed by atoms with Gasteiger partial charge < -0.3 is 9.47 Å². The molecule has 3 rings (SSSR count). The molecule has 0 aliphatic carbocycles. The van der Waals surface area contributed by atoms with Crippen molar-refractivity contribution < 1.29 is 19.1 Å². The number of hydrogen-bond acceptors (Lipinski definition) is 4. The smallest absolute Gasteiger partial charge is 0.320 e. The standard InChI is InChI=1S/C9H8O4/c1-3-2-4-5-6(7(3)12-4)9(11)13-8(5)10/h2,4-7H,1H3/t4-,5?,6?,7+/m1/s1. The first-order valence-corrected chi connectivity index (χ1v) is 4.28. The maximum atomic E-state index is 11.3. The summed E-state index contributed by atoms with van der Waals surface area (Å²) in [6.45, 7) is 1.91. The summed E-state index contributed by atoms with van der Waals surface area (Å²) < 4.78 is 10.0. The number of cyclic esters (lactones) is 2. The molecule has 0 aromatic rings. The van der Waals surface area contributed by atoms with Crippen molar-refractivity contribution in [2.45, 2.75) is 19.1 Å². The molecule has 3 aliphatic rings. The second-order valence-corrected chi connectivity index (χ2v) is 3.72. The summed E-state index contributed by atoms with van der Waals surface area (Å²) in [7, 11) is 0. The van der Waals surface area contributed by atoms with Crippen LogP contribution in [0.3, 0.4) is 0 Å². The summed E-state index contributed by atoms with van der Waals surface area (Å²) >= 11 is 0. The number of hydrogen-bond donors (Lipinski definition) is 0. The Morgan fingerprint density at radius 3 is 2.69 bits per heavy atom. The highest BCUT2D eigenvalue weighted by molar-refractivity contribution is 5.98. The minimum Gasteiger partial charge on any atom is -0.393 e. The van der Waals surface area contributed by atoms with E-state index in [9.17, 15) is 9.59 Å². The Morgan fingerprint density at radius 1 is 1.23 bits per heavy atom. The average molecular weight is 180 g/mol. The number of fused-ring (bicyclic) bond motifs is 5. The normalized spacial score (nSPS) is 46.4. The summed E-state index contributed by atoms with van der Waals surface area (Å²) in [5.41, 5.74) is 1.04. The van der Waals surface area contributed by atoms with Crippen molar-refractivity contribution in [1.82, 2.24) is 0 Å². The molecule has 0 saturated carbocycles. The Labute approximate surface area is 74.5 Å². The minimum atomic E-state index is -0.425. The zero-order chi connectivity index (χ0) is 9.16. The Kier molecular flexibility index (Phi) is 1.12. The highest BCUT2D eigenvalue weighted by Crippen LogP contribution is 2.46. The molecule has 4 heteroatoms. The number of carbonyl (C=O) groups excluding carboxylic acids is 2. The molecule has 2 saturated heterocycles. The molecular weight excluding hydrogens is 172 g/mol. The third kappa shape index (κ3) is 0.698. The fraction of sp³-hybridized carbons (Fsp3) is 0.556. The van der Waals surface area contributed by atoms with Gasteiger partial charge >= 0.3 is 11.9 Å². The highest BCUT2D eigenvalue weighted by atomic mass is 16.6. The summed E-state index contributed by atoms with van der Waals surface area (Å²) in [6, 6.07) is 0. The first-order chi connectivity index (χ1) is 6.18. The molecular formula is C9H8O4. The molecule has 2 bridgehead atoms. The Morgan fingerprint density at radius 2 is 1.92 bits per heavy atom. The van der Waals surface area contributed by atoms with Crippen molar-refractivity contribution in [1.29, 1.82) is 0 Å². The van der Waals surface area contributed by atoms with Gasteiger partial charge in [-0.15, -0.1) is 0 Å². The topological polar surface area (TPSA) is 52.6 Å². The van der Waals surface area contributed by atoms with E-state index in [1.807, 2.05) is 13.0 Å². The lowest BCUT2D eigenvalue weighted by Gasteiger charge is -2.13. The number of ether oxygens (including phenoxy) is 2. The van der Waals surface area contributed by atoms with Crippen LogP contribution in [0.25, 0.3) is 0 Å². The van der Waals surface area contributed by atoms with Gasteiger partial charge in [-0.3, -0.25) is 9.59 Å². The highest BCUT2D eigenvalue weighted by Gasteiger charge is 2.60. The van der Waals surface area contributed by atoms with E-state index >= 15 is 0 Å². The van der Waals surface area contributed by atoms with Crippen LogP contribution in [0.5, 0.6) is 0 Å². The van der Waals surface area contributed by atoms with E-state index in [4.69, 9.17) is 4.74 Å². The minimum absolute atomic E-state index is 0.214. The molecule has 68 valence electrons. The predicted octanol–water partition coefficient (Wildman–Crippen LogP) is 0.0295. The van der Waals surface area contributed by atoms with Gasteiger partial charge in [-0.25, -0.2) is 0 Å². The molecule has 0 spiro atoms. The largest absolute Gasteiger partial charge is 0.393 e. The summed E-state index contributed by atoms with van der Waals surface area (Å²) in [5.74, 6) is -1.59. The molecule has 4 atom stereocenters. The van der Waals surface area contributed by atoms with Crippen molar-refractivity contribution >= 4 is 11.9 Å². The Balaban J connectivity index is 2.08. The van der Waals surface area contributed by atoms with E-state index in [-0.39, 0.29) is 24.0 Å². The van der Waals surface area contributed by atoms with Gasteiger partial charge in [0, 0.05) is 0 Å². The van der Waals surface area contributed by atoms with Crippen molar-refractivity contribution in [3.63, 3.8) is 0 Å². The molecule has 0 amide bonds. The lowest BCUT2D eigenvalue weighted by molar-refractivity contribution is -0.156. The van der Waals surface area contributed by atoms with Crippen LogP contribution in [0.15, 0.2) is 11.6 Å². The molecule has 3 heterocycles. The first-order valence-electron chi connectivity index (χ1n) is 4.28. The fourth-order valence-electron chi connectivity index (χ4n) is 2.40. The SMILES string of the molecule is CC1=C[C@H]2O[C@@H]1C1C(=O)OC(=O)C12. The lowest BCUT2D eigenvalue weighted by atomic mass is 9.82. The Bertz CT molecular complexity index is 344. The van der Waals surface area contributed by atoms with E-state index < -0.39 is 11.9 Å². The monoisotopic (exact) mass is 180 g/mol. The van der Waals surface area contributed by atoms with Gasteiger partial charge in [0.25, 0.3) is 0 Å². The average Bonchev–Trinajstić information content (AvgIpc) is 2.64. The van der Waals surface area contributed by atoms with Gasteiger partial charge in [-0.1, -0.05) is 6.08 Å². The van der Waals surface area contributed by atoms with Crippen LogP contribution in [-0.2, 0) is 19.1 Å². The summed E-state index contributed by atoms with van der Waals surface area (Å²) in [5, 5.41) is 0. The van der Waals surface area contributed by atoms with E-state index in [0.29, 0.717) is 0 Å². The van der Waals surface area contributed by atoms with Crippen LogP contribution < -0.4 is 0 Å². The van der Waals surface area contributed by atoms with E-state index in [1.165, 1.54) is 0 Å². The van der Waals surface area contributed by atoms with Crippen LogP contribution in [0.4, 0.5) is 0 Å². The third-order valence-electron chi connectivity index (χ3n) is 2.99. The van der Waals surface area contributed by atoms with Crippen molar-refractivity contribution in [2.75, 3.05) is 0 Å². The van der Waals surface area contributed by atoms with Gasteiger partial charge in [0.1, 0.15) is 11.8 Å². The molecule has 4 nitrogen and oxygen atoms in total. The van der Waals surface area contributed by atoms with Gasteiger partial charge in [0.15, 0.2) is 0 Å². The molecule has 0 aromatic carbocycles. The first kappa shape index (κ1) is 7.26. The molecule has 13 heavy (non-hydrogen) atoms. The van der Waals surface area contributed by atoms with Gasteiger partial charge in [0.05, 0.1) is 12.2 Å².